The second-order valence-electron chi connectivity index (χ2n) is 4.15. The lowest BCUT2D eigenvalue weighted by molar-refractivity contribution is 1.19. The topological polar surface area (TPSA) is 49.8 Å². The first-order chi connectivity index (χ1) is 9.35. The summed E-state index contributed by atoms with van der Waals surface area (Å²) < 4.78 is 1.18. The number of pyridine rings is 1. The molecule has 0 bridgehead atoms. The summed E-state index contributed by atoms with van der Waals surface area (Å²) >= 11 is 1.64. The van der Waals surface area contributed by atoms with Crippen molar-refractivity contribution in [2.45, 2.75) is 6.92 Å². The Bertz CT molecular complexity index is 692. The van der Waals surface area contributed by atoms with Gasteiger partial charge in [-0.3, -0.25) is 4.98 Å². The first-order valence-corrected chi connectivity index (χ1v) is 7.02. The summed E-state index contributed by atoms with van der Waals surface area (Å²) in [7, 11) is 0. The predicted molar refractivity (Wildman–Crippen MR) is 81.3 cm³/mol. The van der Waals surface area contributed by atoms with Crippen molar-refractivity contribution in [1.82, 2.24) is 9.97 Å². The lowest BCUT2D eigenvalue weighted by Gasteiger charge is -2.08. The number of anilines is 3. The van der Waals surface area contributed by atoms with Crippen LogP contribution in [0, 0.1) is 0 Å². The lowest BCUT2D eigenvalue weighted by Crippen LogP contribution is -1.98. The van der Waals surface area contributed by atoms with Gasteiger partial charge in [-0.25, -0.2) is 4.98 Å². The summed E-state index contributed by atoms with van der Waals surface area (Å²) in [6, 6.07) is 8.21. The number of rotatable bonds is 4. The molecule has 2 aromatic heterocycles. The molecule has 96 valence electrons. The van der Waals surface area contributed by atoms with Crippen LogP contribution in [0.2, 0.25) is 0 Å². The smallest absolute Gasteiger partial charge is 0.0813 e. The maximum Gasteiger partial charge on any atom is 0.0813 e. The van der Waals surface area contributed by atoms with E-state index in [2.05, 4.69) is 33.6 Å². The number of thiazole rings is 1. The molecule has 0 saturated carbocycles. The number of benzene rings is 1. The minimum Gasteiger partial charge on any atom is -0.384 e. The van der Waals surface area contributed by atoms with E-state index in [1.54, 1.807) is 11.3 Å². The number of nitrogens with one attached hydrogen (secondary N) is 2. The van der Waals surface area contributed by atoms with Crippen LogP contribution in [0.4, 0.5) is 17.1 Å². The number of fused-ring (bicyclic) bond motifs is 1. The second-order valence-corrected chi connectivity index (χ2v) is 5.04. The zero-order valence-electron chi connectivity index (χ0n) is 10.6. The number of aromatic nitrogens is 2. The third-order valence-electron chi connectivity index (χ3n) is 2.74. The van der Waals surface area contributed by atoms with Crippen molar-refractivity contribution in [2.24, 2.45) is 0 Å². The maximum atomic E-state index is 4.27. The Kier molecular flexibility index (Phi) is 3.29. The van der Waals surface area contributed by atoms with Crippen LogP contribution in [-0.4, -0.2) is 16.5 Å². The van der Waals surface area contributed by atoms with E-state index in [-0.39, 0.29) is 0 Å². The molecule has 0 unspecified atom stereocenters. The highest BCUT2D eigenvalue weighted by atomic mass is 32.1. The summed E-state index contributed by atoms with van der Waals surface area (Å²) in [4.78, 5) is 8.49. The molecule has 0 saturated heterocycles. The molecule has 0 fully saturated rings. The van der Waals surface area contributed by atoms with Gasteiger partial charge in [-0.2, -0.15) is 0 Å². The van der Waals surface area contributed by atoms with Crippen LogP contribution in [-0.2, 0) is 0 Å². The highest BCUT2D eigenvalue weighted by Gasteiger charge is 2.00. The molecule has 0 radical (unpaired) electrons. The van der Waals surface area contributed by atoms with Gasteiger partial charge in [0.25, 0.3) is 0 Å². The Morgan fingerprint density at radius 2 is 2.00 bits per heavy atom. The standard InChI is InChI=1S/C14H14N4S/c1-2-16-11-5-12(8-15-7-11)18-10-3-4-13-14(6-10)19-9-17-13/h3-9,16,18H,2H2,1H3. The molecule has 4 nitrogen and oxygen atoms in total. The second kappa shape index (κ2) is 5.24. The molecule has 5 heteroatoms. The summed E-state index contributed by atoms with van der Waals surface area (Å²) in [6.45, 7) is 2.95. The lowest BCUT2D eigenvalue weighted by atomic mass is 10.3. The van der Waals surface area contributed by atoms with Crippen molar-refractivity contribution in [2.75, 3.05) is 17.2 Å². The Balaban J connectivity index is 1.85. The Morgan fingerprint density at radius 3 is 2.89 bits per heavy atom. The van der Waals surface area contributed by atoms with Gasteiger partial charge < -0.3 is 10.6 Å². The maximum absolute atomic E-state index is 4.27. The number of hydrogen-bond donors (Lipinski definition) is 2. The third-order valence-corrected chi connectivity index (χ3v) is 3.53. The molecule has 0 aliphatic carbocycles. The number of hydrogen-bond acceptors (Lipinski definition) is 5. The van der Waals surface area contributed by atoms with Crippen LogP contribution in [0.15, 0.2) is 42.2 Å². The van der Waals surface area contributed by atoms with Gasteiger partial charge >= 0.3 is 0 Å². The van der Waals surface area contributed by atoms with Gasteiger partial charge in [-0.05, 0) is 31.2 Å². The van der Waals surface area contributed by atoms with Gasteiger partial charge in [0.1, 0.15) is 0 Å². The van der Waals surface area contributed by atoms with Crippen LogP contribution in [0.3, 0.4) is 0 Å². The van der Waals surface area contributed by atoms with Gasteiger partial charge in [0.15, 0.2) is 0 Å². The molecule has 0 aliphatic rings. The van der Waals surface area contributed by atoms with E-state index in [4.69, 9.17) is 0 Å². The van der Waals surface area contributed by atoms with Crippen molar-refractivity contribution in [3.05, 3.63) is 42.2 Å². The first kappa shape index (κ1) is 11.9. The minimum absolute atomic E-state index is 0.887. The SMILES string of the molecule is CCNc1cncc(Nc2ccc3ncsc3c2)c1. The molecule has 0 spiro atoms. The molecular formula is C14H14N4S. The molecule has 0 aliphatic heterocycles. The molecule has 1 aromatic carbocycles. The van der Waals surface area contributed by atoms with E-state index in [0.29, 0.717) is 0 Å². The monoisotopic (exact) mass is 270 g/mol. The zero-order valence-corrected chi connectivity index (χ0v) is 11.4. The molecular weight excluding hydrogens is 256 g/mol. The van der Waals surface area contributed by atoms with Gasteiger partial charge in [0.2, 0.25) is 0 Å². The highest BCUT2D eigenvalue weighted by molar-refractivity contribution is 7.16. The fourth-order valence-electron chi connectivity index (χ4n) is 1.91. The Hall–Kier alpha value is -2.14. The van der Waals surface area contributed by atoms with E-state index < -0.39 is 0 Å². The quantitative estimate of drug-likeness (QED) is 0.755. The van der Waals surface area contributed by atoms with E-state index in [1.165, 1.54) is 4.70 Å². The number of nitrogens with zero attached hydrogens (tertiary/aromatic N) is 2. The fraction of sp³-hybridized carbons (Fsp3) is 0.143. The average Bonchev–Trinajstić information content (AvgIpc) is 2.87. The van der Waals surface area contributed by atoms with Gasteiger partial charge in [-0.1, -0.05) is 0 Å². The molecule has 19 heavy (non-hydrogen) atoms. The van der Waals surface area contributed by atoms with Crippen LogP contribution < -0.4 is 10.6 Å². The van der Waals surface area contributed by atoms with Crippen LogP contribution in [0.25, 0.3) is 10.2 Å². The van der Waals surface area contributed by atoms with Crippen LogP contribution in [0.5, 0.6) is 0 Å². The Morgan fingerprint density at radius 1 is 1.11 bits per heavy atom. The normalized spacial score (nSPS) is 10.6. The minimum atomic E-state index is 0.887. The summed E-state index contributed by atoms with van der Waals surface area (Å²) in [5.41, 5.74) is 5.94. The van der Waals surface area contributed by atoms with E-state index in [9.17, 15) is 0 Å². The van der Waals surface area contributed by atoms with E-state index >= 15 is 0 Å². The van der Waals surface area contributed by atoms with Crippen molar-refractivity contribution < 1.29 is 0 Å². The van der Waals surface area contributed by atoms with Crippen molar-refractivity contribution >= 4 is 38.6 Å². The third kappa shape index (κ3) is 2.66. The Labute approximate surface area is 115 Å². The largest absolute Gasteiger partial charge is 0.384 e. The molecule has 2 N–H and O–H groups in total. The van der Waals surface area contributed by atoms with Crippen LogP contribution in [0.1, 0.15) is 6.92 Å². The summed E-state index contributed by atoms with van der Waals surface area (Å²) in [6.07, 6.45) is 3.64. The summed E-state index contributed by atoms with van der Waals surface area (Å²) in [5.74, 6) is 0. The fourth-order valence-corrected chi connectivity index (χ4v) is 2.62. The summed E-state index contributed by atoms with van der Waals surface area (Å²) in [5, 5.41) is 6.61. The first-order valence-electron chi connectivity index (χ1n) is 6.14. The molecule has 0 atom stereocenters. The zero-order chi connectivity index (χ0) is 13.1. The predicted octanol–water partition coefficient (Wildman–Crippen LogP) is 3.87. The molecule has 3 rings (SSSR count). The molecule has 0 amide bonds. The molecule has 3 aromatic rings. The van der Waals surface area contributed by atoms with E-state index in [1.807, 2.05) is 36.1 Å². The van der Waals surface area contributed by atoms with Crippen molar-refractivity contribution in [3.8, 4) is 0 Å². The average molecular weight is 270 g/mol. The van der Waals surface area contributed by atoms with Crippen LogP contribution >= 0.6 is 11.3 Å². The van der Waals surface area contributed by atoms with Crippen molar-refractivity contribution in [3.63, 3.8) is 0 Å². The van der Waals surface area contributed by atoms with E-state index in [0.717, 1.165) is 29.1 Å². The van der Waals surface area contributed by atoms with Gasteiger partial charge in [0.05, 0.1) is 39.5 Å². The van der Waals surface area contributed by atoms with Crippen molar-refractivity contribution in [1.29, 1.82) is 0 Å². The highest BCUT2D eigenvalue weighted by Crippen LogP contribution is 2.24. The molecule has 2 heterocycles. The van der Waals surface area contributed by atoms with Gasteiger partial charge in [-0.15, -0.1) is 11.3 Å². The van der Waals surface area contributed by atoms with Gasteiger partial charge in [0, 0.05) is 12.2 Å².